The van der Waals surface area contributed by atoms with Crippen LogP contribution in [0.3, 0.4) is 0 Å². The van der Waals surface area contributed by atoms with E-state index in [1.165, 1.54) is 0 Å². The summed E-state index contributed by atoms with van der Waals surface area (Å²) in [6.45, 7) is 0. The molecule has 0 amide bonds. The fraction of sp³-hybridized carbons (Fsp3) is 0. The summed E-state index contributed by atoms with van der Waals surface area (Å²) in [5.74, 6) is -0.385. The number of carbonyl (C=O) groups excluding carboxylic acids is 2. The molecule has 22 heavy (non-hydrogen) atoms. The maximum absolute atomic E-state index is 12.6. The Morgan fingerprint density at radius 3 is 1.45 bits per heavy atom. The number of allylic oxidation sites excluding steroid dienone is 2. The molecular formula is C16H8Br2N2O2. The Balaban J connectivity index is 1.87. The number of benzene rings is 2. The van der Waals surface area contributed by atoms with Crippen LogP contribution < -0.4 is 10.6 Å². The Morgan fingerprint density at radius 1 is 0.682 bits per heavy atom. The molecule has 6 heteroatoms. The van der Waals surface area contributed by atoms with E-state index in [0.29, 0.717) is 31.4 Å². The van der Waals surface area contributed by atoms with E-state index >= 15 is 0 Å². The second-order valence-corrected chi connectivity index (χ2v) is 6.69. The first-order valence-electron chi connectivity index (χ1n) is 6.52. The molecular weight excluding hydrogens is 412 g/mol. The average Bonchev–Trinajstić information content (AvgIpc) is 2.99. The second-order valence-electron chi connectivity index (χ2n) is 4.98. The van der Waals surface area contributed by atoms with Crippen LogP contribution in [-0.4, -0.2) is 11.6 Å². The van der Waals surface area contributed by atoms with Crippen molar-refractivity contribution in [1.82, 2.24) is 0 Å². The summed E-state index contributed by atoms with van der Waals surface area (Å²) in [4.78, 5) is 25.3. The molecule has 2 aromatic carbocycles. The van der Waals surface area contributed by atoms with E-state index in [-0.39, 0.29) is 23.0 Å². The predicted molar refractivity (Wildman–Crippen MR) is 91.2 cm³/mol. The van der Waals surface area contributed by atoms with Gasteiger partial charge in [0.15, 0.2) is 0 Å². The summed E-state index contributed by atoms with van der Waals surface area (Å²) in [6.07, 6.45) is 0. The molecule has 0 saturated heterocycles. The zero-order valence-corrected chi connectivity index (χ0v) is 14.2. The first-order chi connectivity index (χ1) is 10.6. The Kier molecular flexibility index (Phi) is 2.99. The first-order valence-corrected chi connectivity index (χ1v) is 8.11. The maximum atomic E-state index is 12.6. The average molecular weight is 420 g/mol. The topological polar surface area (TPSA) is 58.2 Å². The van der Waals surface area contributed by atoms with Gasteiger partial charge in [-0.2, -0.15) is 0 Å². The number of fused-ring (bicyclic) bond motifs is 2. The quantitative estimate of drug-likeness (QED) is 0.623. The largest absolute Gasteiger partial charge is 0.350 e. The zero-order valence-electron chi connectivity index (χ0n) is 11.0. The molecule has 4 rings (SSSR count). The van der Waals surface area contributed by atoms with Crippen LogP contribution in [0.1, 0.15) is 20.7 Å². The summed E-state index contributed by atoms with van der Waals surface area (Å²) in [5, 5.41) is 6.11. The minimum atomic E-state index is -0.192. The van der Waals surface area contributed by atoms with Crippen molar-refractivity contribution in [1.29, 1.82) is 0 Å². The van der Waals surface area contributed by atoms with Gasteiger partial charge in [-0.15, -0.1) is 0 Å². The van der Waals surface area contributed by atoms with Gasteiger partial charge in [0.1, 0.15) is 11.4 Å². The number of Topliss-reactive ketones (excluding diaryl/α,β-unsaturated/α-hetero) is 2. The van der Waals surface area contributed by atoms with E-state index in [4.69, 9.17) is 0 Å². The van der Waals surface area contributed by atoms with Crippen molar-refractivity contribution >= 4 is 54.8 Å². The van der Waals surface area contributed by atoms with Crippen LogP contribution in [0.15, 0.2) is 56.7 Å². The van der Waals surface area contributed by atoms with Gasteiger partial charge in [-0.1, -0.05) is 12.1 Å². The van der Waals surface area contributed by atoms with E-state index in [1.807, 2.05) is 24.3 Å². The van der Waals surface area contributed by atoms with Crippen LogP contribution >= 0.6 is 31.9 Å². The lowest BCUT2D eigenvalue weighted by Gasteiger charge is -2.03. The molecule has 2 heterocycles. The number of hydrogen-bond acceptors (Lipinski definition) is 4. The Hall–Kier alpha value is -1.92. The van der Waals surface area contributed by atoms with Gasteiger partial charge in [-0.05, 0) is 56.1 Å². The number of ketones is 2. The van der Waals surface area contributed by atoms with Crippen molar-refractivity contribution in [2.24, 2.45) is 0 Å². The summed E-state index contributed by atoms with van der Waals surface area (Å²) in [7, 11) is 0. The highest BCUT2D eigenvalue weighted by Crippen LogP contribution is 2.39. The molecule has 0 bridgehead atoms. The predicted octanol–water partition coefficient (Wildman–Crippen LogP) is 4.34. The lowest BCUT2D eigenvalue weighted by atomic mass is 10.1. The van der Waals surface area contributed by atoms with Gasteiger partial charge >= 0.3 is 0 Å². The zero-order chi connectivity index (χ0) is 15.4. The van der Waals surface area contributed by atoms with Crippen molar-refractivity contribution in [3.63, 3.8) is 0 Å². The number of halogens is 2. The molecule has 4 nitrogen and oxygen atoms in total. The highest BCUT2D eigenvalue weighted by atomic mass is 79.9. The number of carbonyl (C=O) groups is 2. The molecule has 0 atom stereocenters. The normalized spacial score (nSPS) is 18.8. The van der Waals surface area contributed by atoms with Crippen molar-refractivity contribution in [3.05, 3.63) is 67.9 Å². The van der Waals surface area contributed by atoms with Gasteiger partial charge in [0.2, 0.25) is 11.6 Å². The molecule has 0 fully saturated rings. The summed E-state index contributed by atoms with van der Waals surface area (Å²) in [6, 6.07) is 10.9. The SMILES string of the molecule is O=C1/C(=C2\Nc3cccc(Br)c3C2=O)Nc2cccc(Br)c21. The van der Waals surface area contributed by atoms with Gasteiger partial charge in [0, 0.05) is 8.95 Å². The van der Waals surface area contributed by atoms with Crippen LogP contribution in [0.2, 0.25) is 0 Å². The number of anilines is 2. The van der Waals surface area contributed by atoms with Crippen LogP contribution in [0, 0.1) is 0 Å². The molecule has 2 N–H and O–H groups in total. The Morgan fingerprint density at radius 2 is 1.09 bits per heavy atom. The molecule has 0 radical (unpaired) electrons. The number of rotatable bonds is 0. The van der Waals surface area contributed by atoms with E-state index in [9.17, 15) is 9.59 Å². The van der Waals surface area contributed by atoms with Crippen LogP contribution in [0.4, 0.5) is 11.4 Å². The summed E-state index contributed by atoms with van der Waals surface area (Å²) >= 11 is 6.77. The lowest BCUT2D eigenvalue weighted by Crippen LogP contribution is -2.13. The minimum absolute atomic E-state index is 0.192. The van der Waals surface area contributed by atoms with Crippen molar-refractivity contribution in [2.75, 3.05) is 10.6 Å². The summed E-state index contributed by atoms with van der Waals surface area (Å²) in [5.41, 5.74) is 3.08. The molecule has 0 aliphatic carbocycles. The van der Waals surface area contributed by atoms with Gasteiger partial charge in [-0.3, -0.25) is 9.59 Å². The third kappa shape index (κ3) is 1.80. The molecule has 0 spiro atoms. The van der Waals surface area contributed by atoms with E-state index in [2.05, 4.69) is 42.5 Å². The third-order valence-electron chi connectivity index (χ3n) is 3.70. The lowest BCUT2D eigenvalue weighted by molar-refractivity contribution is 0.101. The van der Waals surface area contributed by atoms with Crippen molar-refractivity contribution in [2.45, 2.75) is 0 Å². The second kappa shape index (κ2) is 4.79. The van der Waals surface area contributed by atoms with Crippen LogP contribution in [-0.2, 0) is 0 Å². The standard InChI is InChI=1S/C16H8Br2N2O2/c17-7-3-1-5-9-11(7)15(21)13(19-9)14-16(22)12-8(18)4-2-6-10(12)20-14/h1-6,19-20H/b14-13+. The third-order valence-corrected chi connectivity index (χ3v) is 5.03. The number of nitrogens with one attached hydrogen (secondary N) is 2. The van der Waals surface area contributed by atoms with E-state index in [0.717, 1.165) is 0 Å². The molecule has 2 aliphatic rings. The first kappa shape index (κ1) is 13.7. The number of hydrogen-bond donors (Lipinski definition) is 2. The Bertz CT molecular complexity index is 830. The van der Waals surface area contributed by atoms with Crippen molar-refractivity contribution in [3.8, 4) is 0 Å². The maximum Gasteiger partial charge on any atom is 0.214 e. The molecule has 2 aliphatic heterocycles. The highest BCUT2D eigenvalue weighted by Gasteiger charge is 2.36. The molecule has 2 aromatic rings. The van der Waals surface area contributed by atoms with E-state index < -0.39 is 0 Å². The fourth-order valence-electron chi connectivity index (χ4n) is 2.70. The molecule has 0 saturated carbocycles. The molecule has 0 aromatic heterocycles. The minimum Gasteiger partial charge on any atom is -0.350 e. The fourth-order valence-corrected chi connectivity index (χ4v) is 3.80. The smallest absolute Gasteiger partial charge is 0.214 e. The Labute approximate surface area is 142 Å². The van der Waals surface area contributed by atoms with Crippen molar-refractivity contribution < 1.29 is 9.59 Å². The monoisotopic (exact) mass is 418 g/mol. The van der Waals surface area contributed by atoms with Gasteiger partial charge in [-0.25, -0.2) is 0 Å². The molecule has 0 unspecified atom stereocenters. The van der Waals surface area contributed by atoms with Gasteiger partial charge in [0.25, 0.3) is 0 Å². The van der Waals surface area contributed by atoms with Crippen LogP contribution in [0.25, 0.3) is 0 Å². The van der Waals surface area contributed by atoms with Gasteiger partial charge < -0.3 is 10.6 Å². The summed E-state index contributed by atoms with van der Waals surface area (Å²) < 4.78 is 1.42. The van der Waals surface area contributed by atoms with Crippen LogP contribution in [0.5, 0.6) is 0 Å². The van der Waals surface area contributed by atoms with Gasteiger partial charge in [0.05, 0.1) is 22.5 Å². The molecule has 108 valence electrons. The highest BCUT2D eigenvalue weighted by molar-refractivity contribution is 9.10. The van der Waals surface area contributed by atoms with E-state index in [1.54, 1.807) is 12.1 Å².